The molecule has 0 aromatic carbocycles. The second-order valence-corrected chi connectivity index (χ2v) is 5.92. The van der Waals surface area contributed by atoms with E-state index in [1.807, 2.05) is 13.8 Å². The highest BCUT2D eigenvalue weighted by Gasteiger charge is 2.36. The molecule has 0 radical (unpaired) electrons. The van der Waals surface area contributed by atoms with Gasteiger partial charge in [-0.2, -0.15) is 0 Å². The Hall–Kier alpha value is -1.10. The smallest absolute Gasteiger partial charge is 0.239 e. The Morgan fingerprint density at radius 1 is 1.39 bits per heavy atom. The summed E-state index contributed by atoms with van der Waals surface area (Å²) in [6.07, 6.45) is 2.11. The lowest BCUT2D eigenvalue weighted by atomic mass is 9.77. The van der Waals surface area contributed by atoms with E-state index in [2.05, 4.69) is 29.8 Å². The fourth-order valence-corrected chi connectivity index (χ4v) is 2.30. The summed E-state index contributed by atoms with van der Waals surface area (Å²) in [7, 11) is 0. The van der Waals surface area contributed by atoms with Crippen LogP contribution in [0.5, 0.6) is 0 Å². The van der Waals surface area contributed by atoms with Crippen LogP contribution in [-0.4, -0.2) is 37.0 Å². The van der Waals surface area contributed by atoms with E-state index in [0.29, 0.717) is 0 Å². The Kier molecular flexibility index (Phi) is 5.14. The number of carbonyl (C=O) groups is 2. The number of hydrogen-bond donors (Lipinski definition) is 3. The Labute approximate surface area is 109 Å². The van der Waals surface area contributed by atoms with Crippen LogP contribution in [0.2, 0.25) is 0 Å². The van der Waals surface area contributed by atoms with Crippen molar-refractivity contribution in [2.45, 2.75) is 52.6 Å². The standard InChI is InChI=1S/C13H25N3O2/c1-9(2)16-10(17)8-15-12(18)11-13(3,4)6-5-7-14-11/h9,11,14H,5-8H2,1-4H3,(H,15,18)(H,16,17). The molecule has 0 aromatic rings. The van der Waals surface area contributed by atoms with Crippen LogP contribution in [-0.2, 0) is 9.59 Å². The number of amides is 2. The first-order valence-corrected chi connectivity index (χ1v) is 6.63. The van der Waals surface area contributed by atoms with E-state index < -0.39 is 0 Å². The lowest BCUT2D eigenvalue weighted by molar-refractivity contribution is -0.130. The SMILES string of the molecule is CC(C)NC(=O)CNC(=O)C1NCCCC1(C)C. The number of hydrogen-bond acceptors (Lipinski definition) is 3. The normalized spacial score (nSPS) is 22.6. The zero-order chi connectivity index (χ0) is 13.8. The van der Waals surface area contributed by atoms with Crippen molar-refractivity contribution in [1.29, 1.82) is 0 Å². The maximum Gasteiger partial charge on any atom is 0.239 e. The molecule has 0 aliphatic carbocycles. The molecule has 1 fully saturated rings. The van der Waals surface area contributed by atoms with Gasteiger partial charge in [0.15, 0.2) is 0 Å². The van der Waals surface area contributed by atoms with Crippen molar-refractivity contribution in [2.24, 2.45) is 5.41 Å². The van der Waals surface area contributed by atoms with Crippen molar-refractivity contribution < 1.29 is 9.59 Å². The fraction of sp³-hybridized carbons (Fsp3) is 0.846. The molecule has 1 atom stereocenters. The summed E-state index contributed by atoms with van der Waals surface area (Å²) >= 11 is 0. The van der Waals surface area contributed by atoms with Gasteiger partial charge < -0.3 is 16.0 Å². The predicted molar refractivity (Wildman–Crippen MR) is 71.1 cm³/mol. The molecule has 18 heavy (non-hydrogen) atoms. The van der Waals surface area contributed by atoms with Gasteiger partial charge in [-0.05, 0) is 38.6 Å². The van der Waals surface area contributed by atoms with Crippen LogP contribution in [0.1, 0.15) is 40.5 Å². The highest BCUT2D eigenvalue weighted by molar-refractivity contribution is 5.88. The van der Waals surface area contributed by atoms with Crippen molar-refractivity contribution in [3.8, 4) is 0 Å². The molecule has 0 spiro atoms. The third-order valence-corrected chi connectivity index (χ3v) is 3.26. The Morgan fingerprint density at radius 3 is 2.61 bits per heavy atom. The van der Waals surface area contributed by atoms with Gasteiger partial charge in [-0.1, -0.05) is 13.8 Å². The molecule has 0 bridgehead atoms. The van der Waals surface area contributed by atoms with E-state index in [-0.39, 0.29) is 35.9 Å². The minimum absolute atomic E-state index is 0.0469. The Morgan fingerprint density at radius 2 is 2.06 bits per heavy atom. The van der Waals surface area contributed by atoms with Crippen LogP contribution < -0.4 is 16.0 Å². The van der Waals surface area contributed by atoms with Crippen molar-refractivity contribution >= 4 is 11.8 Å². The first-order chi connectivity index (χ1) is 8.33. The zero-order valence-corrected chi connectivity index (χ0v) is 11.8. The van der Waals surface area contributed by atoms with E-state index in [0.717, 1.165) is 19.4 Å². The second-order valence-electron chi connectivity index (χ2n) is 5.92. The predicted octanol–water partition coefficient (Wildman–Crippen LogP) is 0.405. The summed E-state index contributed by atoms with van der Waals surface area (Å²) in [5.41, 5.74) is -0.0587. The molecular weight excluding hydrogens is 230 g/mol. The molecule has 1 aliphatic heterocycles. The summed E-state index contributed by atoms with van der Waals surface area (Å²) in [5, 5.41) is 8.68. The topological polar surface area (TPSA) is 70.2 Å². The average Bonchev–Trinajstić information content (AvgIpc) is 2.24. The first kappa shape index (κ1) is 15.0. The van der Waals surface area contributed by atoms with Gasteiger partial charge in [0.2, 0.25) is 11.8 Å². The zero-order valence-electron chi connectivity index (χ0n) is 11.8. The summed E-state index contributed by atoms with van der Waals surface area (Å²) in [6, 6.07) is -0.114. The van der Waals surface area contributed by atoms with Gasteiger partial charge in [-0.15, -0.1) is 0 Å². The molecule has 2 amide bonds. The molecule has 0 aromatic heterocycles. The van der Waals surface area contributed by atoms with Crippen molar-refractivity contribution in [2.75, 3.05) is 13.1 Å². The van der Waals surface area contributed by atoms with Crippen molar-refractivity contribution in [1.82, 2.24) is 16.0 Å². The molecule has 1 unspecified atom stereocenters. The molecule has 1 saturated heterocycles. The molecule has 1 rings (SSSR count). The fourth-order valence-electron chi connectivity index (χ4n) is 2.30. The molecule has 3 N–H and O–H groups in total. The van der Waals surface area contributed by atoms with Crippen LogP contribution in [0.25, 0.3) is 0 Å². The monoisotopic (exact) mass is 255 g/mol. The molecule has 1 aliphatic rings. The van der Waals surface area contributed by atoms with E-state index in [1.165, 1.54) is 0 Å². The first-order valence-electron chi connectivity index (χ1n) is 6.63. The van der Waals surface area contributed by atoms with Crippen LogP contribution in [0.15, 0.2) is 0 Å². The van der Waals surface area contributed by atoms with Crippen molar-refractivity contribution in [3.05, 3.63) is 0 Å². The second kappa shape index (κ2) is 6.18. The van der Waals surface area contributed by atoms with Gasteiger partial charge in [-0.3, -0.25) is 9.59 Å². The third-order valence-electron chi connectivity index (χ3n) is 3.26. The summed E-state index contributed by atoms with van der Waals surface area (Å²) in [5.74, 6) is -0.231. The number of piperidine rings is 1. The Bertz CT molecular complexity index is 313. The average molecular weight is 255 g/mol. The van der Waals surface area contributed by atoms with Crippen molar-refractivity contribution in [3.63, 3.8) is 0 Å². The lowest BCUT2D eigenvalue weighted by Crippen LogP contribution is -2.56. The van der Waals surface area contributed by atoms with Gasteiger partial charge in [0.05, 0.1) is 12.6 Å². The van der Waals surface area contributed by atoms with Crippen LogP contribution >= 0.6 is 0 Å². The Balaban J connectivity index is 2.42. The molecule has 1 heterocycles. The molecule has 104 valence electrons. The minimum atomic E-state index is -0.210. The number of nitrogens with one attached hydrogen (secondary N) is 3. The quantitative estimate of drug-likeness (QED) is 0.681. The van der Waals surface area contributed by atoms with Gasteiger partial charge in [0.1, 0.15) is 0 Å². The maximum absolute atomic E-state index is 12.1. The summed E-state index contributed by atoms with van der Waals surface area (Å²) < 4.78 is 0. The van der Waals surface area contributed by atoms with E-state index in [4.69, 9.17) is 0 Å². The van der Waals surface area contributed by atoms with Gasteiger partial charge in [0, 0.05) is 6.04 Å². The van der Waals surface area contributed by atoms with Crippen LogP contribution in [0.3, 0.4) is 0 Å². The van der Waals surface area contributed by atoms with E-state index in [1.54, 1.807) is 0 Å². The highest BCUT2D eigenvalue weighted by atomic mass is 16.2. The third kappa shape index (κ3) is 4.29. The van der Waals surface area contributed by atoms with Crippen LogP contribution in [0, 0.1) is 5.41 Å². The molecule has 5 nitrogen and oxygen atoms in total. The highest BCUT2D eigenvalue weighted by Crippen LogP contribution is 2.29. The van der Waals surface area contributed by atoms with E-state index in [9.17, 15) is 9.59 Å². The largest absolute Gasteiger partial charge is 0.352 e. The minimum Gasteiger partial charge on any atom is -0.352 e. The van der Waals surface area contributed by atoms with Gasteiger partial charge in [-0.25, -0.2) is 0 Å². The molecule has 5 heteroatoms. The number of carbonyl (C=O) groups excluding carboxylic acids is 2. The summed E-state index contributed by atoms with van der Waals surface area (Å²) in [4.78, 5) is 23.5. The van der Waals surface area contributed by atoms with Crippen LogP contribution in [0.4, 0.5) is 0 Å². The molecular formula is C13H25N3O2. The maximum atomic E-state index is 12.1. The molecule has 0 saturated carbocycles. The van der Waals surface area contributed by atoms with Gasteiger partial charge >= 0.3 is 0 Å². The number of rotatable bonds is 4. The van der Waals surface area contributed by atoms with Gasteiger partial charge in [0.25, 0.3) is 0 Å². The van der Waals surface area contributed by atoms with E-state index >= 15 is 0 Å². The lowest BCUT2D eigenvalue weighted by Gasteiger charge is -2.38. The summed E-state index contributed by atoms with van der Waals surface area (Å²) in [6.45, 7) is 8.86.